The van der Waals surface area contributed by atoms with Crippen LogP contribution in [0, 0.1) is 5.92 Å². The molecule has 0 bridgehead atoms. The van der Waals surface area contributed by atoms with E-state index < -0.39 is 12.0 Å². The second-order valence-electron chi connectivity index (χ2n) is 4.77. The third-order valence-corrected chi connectivity index (χ3v) is 3.50. The molecule has 0 aromatic carbocycles. The Hall–Kier alpha value is -1.36. The summed E-state index contributed by atoms with van der Waals surface area (Å²) in [6, 6.07) is -0.724. The van der Waals surface area contributed by atoms with Gasteiger partial charge in [-0.3, -0.25) is 4.79 Å². The van der Waals surface area contributed by atoms with E-state index in [1.165, 1.54) is 4.90 Å². The molecule has 3 N–H and O–H groups in total. The van der Waals surface area contributed by atoms with Gasteiger partial charge in [-0.05, 0) is 25.7 Å². The average molecular weight is 238 g/mol. The number of likely N-dealkylation sites (tertiary alicyclic amines) is 1. The fourth-order valence-corrected chi connectivity index (χ4v) is 2.58. The zero-order chi connectivity index (χ0) is 12.4. The fraction of sp³-hybridized carbons (Fsp3) is 0.667. The van der Waals surface area contributed by atoms with Crippen LogP contribution in [0.4, 0.5) is 0 Å². The molecule has 0 aromatic rings. The molecular weight excluding hydrogens is 220 g/mol. The average Bonchev–Trinajstić information content (AvgIpc) is 2.75. The number of amides is 1. The van der Waals surface area contributed by atoms with E-state index in [4.69, 9.17) is 10.8 Å². The number of rotatable bonds is 2. The monoisotopic (exact) mass is 238 g/mol. The highest BCUT2D eigenvalue weighted by molar-refractivity contribution is 5.86. The minimum absolute atomic E-state index is 0.0722. The third kappa shape index (κ3) is 2.49. The van der Waals surface area contributed by atoms with E-state index in [1.54, 1.807) is 6.08 Å². The lowest BCUT2D eigenvalue weighted by Crippen LogP contribution is -2.49. The Morgan fingerprint density at radius 3 is 2.65 bits per heavy atom. The van der Waals surface area contributed by atoms with Crippen molar-refractivity contribution in [3.05, 3.63) is 12.2 Å². The van der Waals surface area contributed by atoms with Crippen LogP contribution in [-0.2, 0) is 9.59 Å². The summed E-state index contributed by atoms with van der Waals surface area (Å²) in [5.41, 5.74) is 5.71. The van der Waals surface area contributed by atoms with Gasteiger partial charge >= 0.3 is 5.97 Å². The molecule has 2 rings (SSSR count). The Morgan fingerprint density at radius 1 is 1.29 bits per heavy atom. The summed E-state index contributed by atoms with van der Waals surface area (Å²) in [7, 11) is 0. The van der Waals surface area contributed by atoms with Gasteiger partial charge in [0.15, 0.2) is 0 Å². The van der Waals surface area contributed by atoms with Crippen LogP contribution in [0.3, 0.4) is 0 Å². The molecule has 17 heavy (non-hydrogen) atoms. The van der Waals surface area contributed by atoms with Gasteiger partial charge in [0.2, 0.25) is 5.91 Å². The van der Waals surface area contributed by atoms with Gasteiger partial charge in [0, 0.05) is 12.6 Å². The number of hydrogen-bond acceptors (Lipinski definition) is 3. The number of piperidine rings is 1. The van der Waals surface area contributed by atoms with Crippen LogP contribution in [0.25, 0.3) is 0 Å². The molecule has 5 heteroatoms. The van der Waals surface area contributed by atoms with Crippen molar-refractivity contribution >= 4 is 11.9 Å². The molecule has 94 valence electrons. The van der Waals surface area contributed by atoms with Gasteiger partial charge in [0.1, 0.15) is 6.04 Å². The molecule has 1 aliphatic carbocycles. The molecule has 3 atom stereocenters. The maximum atomic E-state index is 12.2. The second kappa shape index (κ2) is 4.87. The molecule has 0 aromatic heterocycles. The number of hydrogen-bond donors (Lipinski definition) is 2. The number of carboxylic acid groups (broad SMARTS) is 1. The van der Waals surface area contributed by atoms with Gasteiger partial charge in [-0.2, -0.15) is 0 Å². The minimum atomic E-state index is -0.899. The summed E-state index contributed by atoms with van der Waals surface area (Å²) in [5, 5.41) is 9.12. The molecule has 2 aliphatic rings. The SMILES string of the molecule is NC1C=CC(C(=O)N2CCCC[C@H]2C(=O)O)C1. The molecule has 1 saturated heterocycles. The first-order chi connectivity index (χ1) is 8.09. The highest BCUT2D eigenvalue weighted by atomic mass is 16.4. The Kier molecular flexibility index (Phi) is 3.47. The summed E-state index contributed by atoms with van der Waals surface area (Å²) in [5.74, 6) is -1.21. The summed E-state index contributed by atoms with van der Waals surface area (Å²) in [4.78, 5) is 24.8. The van der Waals surface area contributed by atoms with Gasteiger partial charge in [-0.1, -0.05) is 12.2 Å². The second-order valence-corrected chi connectivity index (χ2v) is 4.77. The van der Waals surface area contributed by atoms with Gasteiger partial charge in [0.25, 0.3) is 0 Å². The molecule has 0 saturated carbocycles. The molecule has 1 amide bonds. The first-order valence-electron chi connectivity index (χ1n) is 6.07. The maximum Gasteiger partial charge on any atom is 0.326 e. The predicted octanol–water partition coefficient (Wildman–Crippen LogP) is 0.355. The largest absolute Gasteiger partial charge is 0.480 e. The van der Waals surface area contributed by atoms with Crippen molar-refractivity contribution in [3.8, 4) is 0 Å². The number of nitrogens with two attached hydrogens (primary N) is 1. The van der Waals surface area contributed by atoms with Crippen molar-refractivity contribution in [2.45, 2.75) is 37.8 Å². The minimum Gasteiger partial charge on any atom is -0.480 e. The molecule has 0 radical (unpaired) electrons. The van der Waals surface area contributed by atoms with Crippen molar-refractivity contribution in [1.29, 1.82) is 0 Å². The van der Waals surface area contributed by atoms with Crippen LogP contribution in [0.5, 0.6) is 0 Å². The highest BCUT2D eigenvalue weighted by Gasteiger charge is 2.35. The van der Waals surface area contributed by atoms with Gasteiger partial charge in [-0.25, -0.2) is 4.79 Å². The Morgan fingerprint density at radius 2 is 2.06 bits per heavy atom. The Balaban J connectivity index is 2.06. The number of carboxylic acids is 1. The zero-order valence-corrected chi connectivity index (χ0v) is 9.71. The topological polar surface area (TPSA) is 83.6 Å². The number of carbonyl (C=O) groups excluding carboxylic acids is 1. The molecule has 1 aliphatic heterocycles. The number of carbonyl (C=O) groups is 2. The van der Waals surface area contributed by atoms with E-state index in [0.29, 0.717) is 19.4 Å². The third-order valence-electron chi connectivity index (χ3n) is 3.50. The van der Waals surface area contributed by atoms with E-state index in [9.17, 15) is 9.59 Å². The molecule has 2 unspecified atom stereocenters. The lowest BCUT2D eigenvalue weighted by atomic mass is 9.98. The van der Waals surface area contributed by atoms with Crippen LogP contribution in [-0.4, -0.2) is 40.5 Å². The van der Waals surface area contributed by atoms with E-state index in [1.807, 2.05) is 6.08 Å². The van der Waals surface area contributed by atoms with Crippen LogP contribution in [0.15, 0.2) is 12.2 Å². The highest BCUT2D eigenvalue weighted by Crippen LogP contribution is 2.24. The van der Waals surface area contributed by atoms with E-state index in [0.717, 1.165) is 12.8 Å². The van der Waals surface area contributed by atoms with Gasteiger partial charge in [0.05, 0.1) is 5.92 Å². The van der Waals surface area contributed by atoms with E-state index in [2.05, 4.69) is 0 Å². The van der Waals surface area contributed by atoms with Gasteiger partial charge < -0.3 is 15.7 Å². The van der Waals surface area contributed by atoms with Gasteiger partial charge in [-0.15, -0.1) is 0 Å². The Labute approximate surface area is 100 Å². The fourth-order valence-electron chi connectivity index (χ4n) is 2.58. The first kappa shape index (κ1) is 12.1. The molecule has 1 fully saturated rings. The van der Waals surface area contributed by atoms with Crippen LogP contribution < -0.4 is 5.73 Å². The zero-order valence-electron chi connectivity index (χ0n) is 9.71. The molecule has 0 spiro atoms. The lowest BCUT2D eigenvalue weighted by molar-refractivity contribution is -0.153. The molecule has 1 heterocycles. The number of nitrogens with zero attached hydrogens (tertiary/aromatic N) is 1. The van der Waals surface area contributed by atoms with Crippen molar-refractivity contribution in [3.63, 3.8) is 0 Å². The predicted molar refractivity (Wildman–Crippen MR) is 62.2 cm³/mol. The first-order valence-corrected chi connectivity index (χ1v) is 6.07. The standard InChI is InChI=1S/C12H18N2O3/c13-9-5-4-8(7-9)11(15)14-6-2-1-3-10(14)12(16)17/h4-5,8-10H,1-3,6-7,13H2,(H,16,17)/t8?,9?,10-/m0/s1. The van der Waals surface area contributed by atoms with Crippen molar-refractivity contribution in [1.82, 2.24) is 4.90 Å². The van der Waals surface area contributed by atoms with E-state index in [-0.39, 0.29) is 17.9 Å². The smallest absolute Gasteiger partial charge is 0.326 e. The maximum absolute atomic E-state index is 12.2. The van der Waals surface area contributed by atoms with Crippen LogP contribution in [0.2, 0.25) is 0 Å². The summed E-state index contributed by atoms with van der Waals surface area (Å²) >= 11 is 0. The summed E-state index contributed by atoms with van der Waals surface area (Å²) in [6.45, 7) is 0.551. The molecular formula is C12H18N2O3. The van der Waals surface area contributed by atoms with Crippen molar-refractivity contribution in [2.24, 2.45) is 11.7 Å². The van der Waals surface area contributed by atoms with Crippen molar-refractivity contribution in [2.75, 3.05) is 6.54 Å². The Bertz CT molecular complexity index is 354. The normalized spacial score (nSPS) is 32.8. The summed E-state index contributed by atoms with van der Waals surface area (Å²) < 4.78 is 0. The quantitative estimate of drug-likeness (QED) is 0.680. The van der Waals surface area contributed by atoms with E-state index >= 15 is 0 Å². The molecule has 5 nitrogen and oxygen atoms in total. The van der Waals surface area contributed by atoms with Crippen molar-refractivity contribution < 1.29 is 14.7 Å². The van der Waals surface area contributed by atoms with Crippen LogP contribution >= 0.6 is 0 Å². The van der Waals surface area contributed by atoms with Crippen LogP contribution in [0.1, 0.15) is 25.7 Å². The lowest BCUT2D eigenvalue weighted by Gasteiger charge is -2.34. The summed E-state index contributed by atoms with van der Waals surface area (Å²) in [6.07, 6.45) is 6.55. The number of aliphatic carboxylic acids is 1.